The number of benzene rings is 1. The summed E-state index contributed by atoms with van der Waals surface area (Å²) < 4.78 is 37.4. The Kier molecular flexibility index (Phi) is 6.14. The summed E-state index contributed by atoms with van der Waals surface area (Å²) in [4.78, 5) is 23.0. The number of amides is 1. The molecule has 0 bridgehead atoms. The van der Waals surface area contributed by atoms with Crippen LogP contribution in [0, 0.1) is 5.92 Å². The second-order valence-electron chi connectivity index (χ2n) is 5.23. The van der Waals surface area contributed by atoms with Gasteiger partial charge in [0.2, 0.25) is 0 Å². The summed E-state index contributed by atoms with van der Waals surface area (Å²) >= 11 is 0. The molecule has 0 aliphatic heterocycles. The topological polar surface area (TPSA) is 86.6 Å². The average molecular weight is 333 g/mol. The highest BCUT2D eigenvalue weighted by Crippen LogP contribution is 2.30. The van der Waals surface area contributed by atoms with E-state index in [4.69, 9.17) is 5.11 Å². The van der Waals surface area contributed by atoms with Crippen LogP contribution in [0.3, 0.4) is 0 Å². The third-order valence-electron chi connectivity index (χ3n) is 3.58. The molecule has 0 aliphatic rings. The summed E-state index contributed by atoms with van der Waals surface area (Å²) in [5.74, 6) is -2.58. The summed E-state index contributed by atoms with van der Waals surface area (Å²) in [6.45, 7) is 3.38. The lowest BCUT2D eigenvalue weighted by molar-refractivity contribution is -0.145. The van der Waals surface area contributed by atoms with Gasteiger partial charge in [-0.25, -0.2) is 4.79 Å². The zero-order valence-electron chi connectivity index (χ0n) is 12.6. The van der Waals surface area contributed by atoms with Gasteiger partial charge in [0, 0.05) is 0 Å². The zero-order valence-corrected chi connectivity index (χ0v) is 12.6. The van der Waals surface area contributed by atoms with Crippen LogP contribution < -0.4 is 5.32 Å². The van der Waals surface area contributed by atoms with Gasteiger partial charge in [-0.2, -0.15) is 13.2 Å². The molecule has 1 rings (SSSR count). The monoisotopic (exact) mass is 333 g/mol. The second kappa shape index (κ2) is 7.45. The number of hydrogen-bond acceptors (Lipinski definition) is 3. The van der Waals surface area contributed by atoms with E-state index in [9.17, 15) is 27.9 Å². The molecule has 1 aromatic carbocycles. The third-order valence-corrected chi connectivity index (χ3v) is 3.58. The number of nitrogens with one attached hydrogen (secondary N) is 1. The van der Waals surface area contributed by atoms with Crippen LogP contribution in [0.4, 0.5) is 13.2 Å². The van der Waals surface area contributed by atoms with Gasteiger partial charge in [0.1, 0.15) is 6.04 Å². The normalized spacial score (nSPS) is 15.6. The standard InChI is InChI=1S/C15H18F3NO4/c1-3-8(2)11(14(22)23)19-13(21)12(20)9-4-6-10(7-5-9)15(16,17)18/h4-8,11-12,20H,3H2,1-2H3,(H,19,21)(H,22,23)/t8-,11+,12-/m1/s1. The van der Waals surface area contributed by atoms with Crippen molar-refractivity contribution in [2.24, 2.45) is 5.92 Å². The van der Waals surface area contributed by atoms with Crippen LogP contribution in [0.5, 0.6) is 0 Å². The number of carboxylic acid groups (broad SMARTS) is 1. The Morgan fingerprint density at radius 1 is 1.22 bits per heavy atom. The molecule has 8 heteroatoms. The molecule has 1 amide bonds. The van der Waals surface area contributed by atoms with Crippen LogP contribution in [0.25, 0.3) is 0 Å². The first-order valence-corrected chi connectivity index (χ1v) is 6.96. The molecule has 0 radical (unpaired) electrons. The quantitative estimate of drug-likeness (QED) is 0.746. The summed E-state index contributed by atoms with van der Waals surface area (Å²) in [5, 5.41) is 21.2. The predicted molar refractivity (Wildman–Crippen MR) is 75.4 cm³/mol. The molecule has 128 valence electrons. The summed E-state index contributed by atoms with van der Waals surface area (Å²) in [7, 11) is 0. The molecule has 0 spiro atoms. The van der Waals surface area contributed by atoms with Crippen LogP contribution in [0.15, 0.2) is 24.3 Å². The van der Waals surface area contributed by atoms with Crippen LogP contribution in [-0.4, -0.2) is 28.1 Å². The first-order chi connectivity index (χ1) is 10.6. The van der Waals surface area contributed by atoms with E-state index in [1.54, 1.807) is 13.8 Å². The third kappa shape index (κ3) is 4.95. The minimum absolute atomic E-state index is 0.0520. The number of carboxylic acids is 1. The number of aliphatic hydroxyl groups excluding tert-OH is 1. The van der Waals surface area contributed by atoms with Crippen LogP contribution in [0.2, 0.25) is 0 Å². The molecule has 3 N–H and O–H groups in total. The second-order valence-corrected chi connectivity index (χ2v) is 5.23. The molecular weight excluding hydrogens is 315 g/mol. The molecular formula is C15H18F3NO4. The van der Waals surface area contributed by atoms with E-state index >= 15 is 0 Å². The molecule has 0 fully saturated rings. The highest BCUT2D eigenvalue weighted by molar-refractivity contribution is 5.87. The first kappa shape index (κ1) is 19.0. The van der Waals surface area contributed by atoms with E-state index in [2.05, 4.69) is 5.32 Å². The van der Waals surface area contributed by atoms with Crippen molar-refractivity contribution in [1.82, 2.24) is 5.32 Å². The van der Waals surface area contributed by atoms with E-state index in [-0.39, 0.29) is 11.5 Å². The predicted octanol–water partition coefficient (Wildman–Crippen LogP) is 2.35. The zero-order chi connectivity index (χ0) is 17.8. The average Bonchev–Trinajstić information content (AvgIpc) is 2.49. The molecule has 0 saturated heterocycles. The number of alkyl halides is 3. The van der Waals surface area contributed by atoms with Gasteiger partial charge in [0.15, 0.2) is 6.10 Å². The van der Waals surface area contributed by atoms with E-state index in [1.807, 2.05) is 0 Å². The lowest BCUT2D eigenvalue weighted by Crippen LogP contribution is -2.46. The van der Waals surface area contributed by atoms with E-state index in [0.29, 0.717) is 6.42 Å². The van der Waals surface area contributed by atoms with Crippen molar-refractivity contribution < 1.29 is 33.0 Å². The Labute approximate surface area is 131 Å². The number of rotatable bonds is 6. The maximum absolute atomic E-state index is 12.5. The van der Waals surface area contributed by atoms with Crippen molar-refractivity contribution in [3.63, 3.8) is 0 Å². The van der Waals surface area contributed by atoms with E-state index in [1.165, 1.54) is 0 Å². The molecule has 3 atom stereocenters. The van der Waals surface area contributed by atoms with Gasteiger partial charge in [-0.15, -0.1) is 0 Å². The minimum Gasteiger partial charge on any atom is -0.480 e. The highest BCUT2D eigenvalue weighted by atomic mass is 19.4. The van der Waals surface area contributed by atoms with E-state index < -0.39 is 35.8 Å². The fourth-order valence-corrected chi connectivity index (χ4v) is 1.92. The summed E-state index contributed by atoms with van der Waals surface area (Å²) in [6.07, 6.45) is -5.77. The van der Waals surface area contributed by atoms with Crippen molar-refractivity contribution in [1.29, 1.82) is 0 Å². The summed E-state index contributed by atoms with van der Waals surface area (Å²) in [5.41, 5.74) is -0.958. The van der Waals surface area contributed by atoms with Gasteiger partial charge < -0.3 is 15.5 Å². The Balaban J connectivity index is 2.85. The molecule has 0 aromatic heterocycles. The molecule has 1 aromatic rings. The molecule has 5 nitrogen and oxygen atoms in total. The van der Waals surface area contributed by atoms with Crippen LogP contribution >= 0.6 is 0 Å². The molecule has 23 heavy (non-hydrogen) atoms. The Morgan fingerprint density at radius 2 is 1.74 bits per heavy atom. The Hall–Kier alpha value is -2.09. The number of carbonyl (C=O) groups excluding carboxylic acids is 1. The number of hydrogen-bond donors (Lipinski definition) is 3. The van der Waals surface area contributed by atoms with Crippen LogP contribution in [0.1, 0.15) is 37.5 Å². The van der Waals surface area contributed by atoms with Crippen LogP contribution in [-0.2, 0) is 15.8 Å². The van der Waals surface area contributed by atoms with Gasteiger partial charge >= 0.3 is 12.1 Å². The van der Waals surface area contributed by atoms with Crippen molar-refractivity contribution in [3.8, 4) is 0 Å². The lowest BCUT2D eigenvalue weighted by Gasteiger charge is -2.22. The highest BCUT2D eigenvalue weighted by Gasteiger charge is 2.31. The Bertz CT molecular complexity index is 557. The van der Waals surface area contributed by atoms with E-state index in [0.717, 1.165) is 24.3 Å². The minimum atomic E-state index is -4.52. The van der Waals surface area contributed by atoms with Gasteiger partial charge in [-0.1, -0.05) is 32.4 Å². The molecule has 0 saturated carbocycles. The Morgan fingerprint density at radius 3 is 2.13 bits per heavy atom. The van der Waals surface area contributed by atoms with Gasteiger partial charge in [0.25, 0.3) is 5.91 Å². The number of aliphatic hydroxyl groups is 1. The number of halogens is 3. The molecule has 0 unspecified atom stereocenters. The van der Waals surface area contributed by atoms with Crippen molar-refractivity contribution in [2.45, 2.75) is 38.6 Å². The largest absolute Gasteiger partial charge is 0.480 e. The van der Waals surface area contributed by atoms with Gasteiger partial charge in [-0.05, 0) is 23.6 Å². The smallest absolute Gasteiger partial charge is 0.416 e. The number of aliphatic carboxylic acids is 1. The maximum Gasteiger partial charge on any atom is 0.416 e. The van der Waals surface area contributed by atoms with Crippen molar-refractivity contribution in [2.75, 3.05) is 0 Å². The first-order valence-electron chi connectivity index (χ1n) is 6.96. The van der Waals surface area contributed by atoms with Crippen molar-refractivity contribution in [3.05, 3.63) is 35.4 Å². The number of carbonyl (C=O) groups is 2. The molecule has 0 heterocycles. The van der Waals surface area contributed by atoms with Crippen molar-refractivity contribution >= 4 is 11.9 Å². The van der Waals surface area contributed by atoms with Gasteiger partial charge in [0.05, 0.1) is 5.56 Å². The summed E-state index contributed by atoms with van der Waals surface area (Å²) in [6, 6.07) is 2.26. The SMILES string of the molecule is CC[C@@H](C)[C@H](NC(=O)[C@H](O)c1ccc(C(F)(F)F)cc1)C(=O)O. The maximum atomic E-state index is 12.5. The fourth-order valence-electron chi connectivity index (χ4n) is 1.92. The fraction of sp³-hybridized carbons (Fsp3) is 0.467. The lowest BCUT2D eigenvalue weighted by atomic mass is 9.98. The van der Waals surface area contributed by atoms with Gasteiger partial charge in [-0.3, -0.25) is 4.79 Å². The molecule has 0 aliphatic carbocycles.